The standard InChI is InChI=1S/C15H15ClFN3O/c16-10-3-1-4-11(17)12(10)8-7-9(8)13-19-14(20-21-13)15(18)5-2-6-15/h1,3-4,8-9H,2,5-7,18H2. The minimum absolute atomic E-state index is 0.0158. The van der Waals surface area contributed by atoms with Gasteiger partial charge in [-0.25, -0.2) is 4.39 Å². The highest BCUT2D eigenvalue weighted by Crippen LogP contribution is 2.56. The normalized spacial score (nSPS) is 26.4. The minimum atomic E-state index is -0.429. The van der Waals surface area contributed by atoms with Gasteiger partial charge in [0, 0.05) is 22.4 Å². The van der Waals surface area contributed by atoms with Crippen molar-refractivity contribution in [2.45, 2.75) is 43.1 Å². The summed E-state index contributed by atoms with van der Waals surface area (Å²) >= 11 is 6.10. The summed E-state index contributed by atoms with van der Waals surface area (Å²) in [6.45, 7) is 0. The Morgan fingerprint density at radius 2 is 2.14 bits per heavy atom. The SMILES string of the molecule is NC1(c2noc(C3CC3c3c(F)cccc3Cl)n2)CCC1. The van der Waals surface area contributed by atoms with Crippen LogP contribution in [0.4, 0.5) is 4.39 Å². The van der Waals surface area contributed by atoms with Crippen LogP contribution in [0.1, 0.15) is 54.8 Å². The summed E-state index contributed by atoms with van der Waals surface area (Å²) in [6, 6.07) is 4.75. The van der Waals surface area contributed by atoms with Crippen LogP contribution in [0.3, 0.4) is 0 Å². The number of rotatable bonds is 3. The lowest BCUT2D eigenvalue weighted by molar-refractivity contribution is 0.229. The molecule has 2 N–H and O–H groups in total. The van der Waals surface area contributed by atoms with Crippen molar-refractivity contribution in [3.63, 3.8) is 0 Å². The molecule has 2 unspecified atom stereocenters. The largest absolute Gasteiger partial charge is 0.339 e. The molecular formula is C15H15ClFN3O. The van der Waals surface area contributed by atoms with E-state index < -0.39 is 5.54 Å². The third-order valence-electron chi connectivity index (χ3n) is 4.61. The zero-order valence-corrected chi connectivity index (χ0v) is 12.1. The molecule has 0 spiro atoms. The number of aromatic nitrogens is 2. The Hall–Kier alpha value is -1.46. The number of nitrogens with zero attached hydrogens (tertiary/aromatic N) is 2. The Morgan fingerprint density at radius 3 is 2.81 bits per heavy atom. The van der Waals surface area contributed by atoms with E-state index >= 15 is 0 Å². The van der Waals surface area contributed by atoms with E-state index in [4.69, 9.17) is 21.9 Å². The molecule has 0 bridgehead atoms. The molecule has 0 saturated heterocycles. The molecule has 21 heavy (non-hydrogen) atoms. The predicted molar refractivity (Wildman–Crippen MR) is 75.5 cm³/mol. The lowest BCUT2D eigenvalue weighted by Crippen LogP contribution is -2.44. The van der Waals surface area contributed by atoms with Gasteiger partial charge in [-0.1, -0.05) is 22.8 Å². The summed E-state index contributed by atoms with van der Waals surface area (Å²) < 4.78 is 19.3. The zero-order valence-electron chi connectivity index (χ0n) is 11.4. The summed E-state index contributed by atoms with van der Waals surface area (Å²) in [5, 5.41) is 4.46. The van der Waals surface area contributed by atoms with Crippen LogP contribution in [0.25, 0.3) is 0 Å². The van der Waals surface area contributed by atoms with Crippen molar-refractivity contribution in [3.05, 3.63) is 46.3 Å². The predicted octanol–water partition coefficient (Wildman–Crippen LogP) is 3.47. The summed E-state index contributed by atoms with van der Waals surface area (Å²) in [4.78, 5) is 4.43. The first-order valence-electron chi connectivity index (χ1n) is 7.15. The van der Waals surface area contributed by atoms with Gasteiger partial charge in [-0.15, -0.1) is 0 Å². The van der Waals surface area contributed by atoms with Gasteiger partial charge in [0.25, 0.3) is 0 Å². The average Bonchev–Trinajstić information content (AvgIpc) is 3.03. The Kier molecular flexibility index (Phi) is 2.84. The molecule has 110 valence electrons. The molecule has 1 aromatic carbocycles. The van der Waals surface area contributed by atoms with Gasteiger partial charge in [0.2, 0.25) is 5.89 Å². The Morgan fingerprint density at radius 1 is 1.33 bits per heavy atom. The monoisotopic (exact) mass is 307 g/mol. The molecular weight excluding hydrogens is 293 g/mol. The molecule has 2 aliphatic carbocycles. The minimum Gasteiger partial charge on any atom is -0.339 e. The Bertz CT molecular complexity index is 678. The number of nitrogens with two attached hydrogens (primary N) is 1. The van der Waals surface area contributed by atoms with E-state index in [1.807, 2.05) is 0 Å². The van der Waals surface area contributed by atoms with Crippen molar-refractivity contribution in [1.29, 1.82) is 0 Å². The summed E-state index contributed by atoms with van der Waals surface area (Å²) in [5.74, 6) is 0.913. The van der Waals surface area contributed by atoms with Gasteiger partial charge in [-0.3, -0.25) is 0 Å². The third-order valence-corrected chi connectivity index (χ3v) is 4.94. The van der Waals surface area contributed by atoms with E-state index in [1.165, 1.54) is 6.07 Å². The second-order valence-electron chi connectivity index (χ2n) is 6.05. The lowest BCUT2D eigenvalue weighted by atomic mass is 9.77. The molecule has 1 heterocycles. The second-order valence-corrected chi connectivity index (χ2v) is 6.46. The van der Waals surface area contributed by atoms with E-state index in [0.29, 0.717) is 22.3 Å². The van der Waals surface area contributed by atoms with Gasteiger partial charge in [0.1, 0.15) is 5.82 Å². The molecule has 4 rings (SSSR count). The average molecular weight is 308 g/mol. The van der Waals surface area contributed by atoms with Crippen LogP contribution in [-0.4, -0.2) is 10.1 Å². The van der Waals surface area contributed by atoms with Crippen LogP contribution >= 0.6 is 11.6 Å². The van der Waals surface area contributed by atoms with Crippen molar-refractivity contribution in [3.8, 4) is 0 Å². The fourth-order valence-electron chi connectivity index (χ4n) is 3.02. The van der Waals surface area contributed by atoms with Crippen LogP contribution in [0.5, 0.6) is 0 Å². The maximum atomic E-state index is 13.9. The Labute approximate surface area is 126 Å². The molecule has 0 amide bonds. The van der Waals surface area contributed by atoms with Crippen molar-refractivity contribution >= 4 is 11.6 Å². The van der Waals surface area contributed by atoms with Gasteiger partial charge in [0.05, 0.1) is 5.54 Å². The number of benzene rings is 1. The molecule has 0 aliphatic heterocycles. The van der Waals surface area contributed by atoms with Gasteiger partial charge < -0.3 is 10.3 Å². The highest BCUT2D eigenvalue weighted by atomic mass is 35.5. The van der Waals surface area contributed by atoms with Crippen LogP contribution in [-0.2, 0) is 5.54 Å². The van der Waals surface area contributed by atoms with Crippen LogP contribution in [0.2, 0.25) is 5.02 Å². The maximum absolute atomic E-state index is 13.9. The highest BCUT2D eigenvalue weighted by Gasteiger charge is 2.47. The molecule has 6 heteroatoms. The highest BCUT2D eigenvalue weighted by molar-refractivity contribution is 6.31. The first-order chi connectivity index (χ1) is 10.1. The van der Waals surface area contributed by atoms with Gasteiger partial charge in [0.15, 0.2) is 5.82 Å². The third kappa shape index (κ3) is 2.07. The molecule has 2 atom stereocenters. The topological polar surface area (TPSA) is 64.9 Å². The maximum Gasteiger partial charge on any atom is 0.230 e. The van der Waals surface area contributed by atoms with E-state index in [2.05, 4.69) is 10.1 Å². The van der Waals surface area contributed by atoms with Crippen molar-refractivity contribution in [2.24, 2.45) is 5.73 Å². The van der Waals surface area contributed by atoms with Crippen molar-refractivity contribution in [1.82, 2.24) is 10.1 Å². The summed E-state index contributed by atoms with van der Waals surface area (Å²) in [6.07, 6.45) is 3.65. The fraction of sp³-hybridized carbons (Fsp3) is 0.467. The van der Waals surface area contributed by atoms with Crippen LogP contribution in [0, 0.1) is 5.82 Å². The van der Waals surface area contributed by atoms with Gasteiger partial charge in [-0.2, -0.15) is 4.98 Å². The van der Waals surface area contributed by atoms with Crippen LogP contribution in [0.15, 0.2) is 22.7 Å². The first kappa shape index (κ1) is 13.2. The smallest absolute Gasteiger partial charge is 0.230 e. The first-order valence-corrected chi connectivity index (χ1v) is 7.53. The van der Waals surface area contributed by atoms with E-state index in [9.17, 15) is 4.39 Å². The number of halogens is 2. The zero-order chi connectivity index (χ0) is 14.6. The fourth-order valence-corrected chi connectivity index (χ4v) is 3.32. The van der Waals surface area contributed by atoms with E-state index in [-0.39, 0.29) is 17.7 Å². The second kappa shape index (κ2) is 4.52. The number of hydrogen-bond acceptors (Lipinski definition) is 4. The lowest BCUT2D eigenvalue weighted by Gasteiger charge is -2.34. The summed E-state index contributed by atoms with van der Waals surface area (Å²) in [7, 11) is 0. The summed E-state index contributed by atoms with van der Waals surface area (Å²) in [5.41, 5.74) is 6.31. The molecule has 0 radical (unpaired) electrons. The quantitative estimate of drug-likeness (QED) is 0.943. The van der Waals surface area contributed by atoms with Gasteiger partial charge >= 0.3 is 0 Å². The van der Waals surface area contributed by atoms with Crippen molar-refractivity contribution < 1.29 is 8.91 Å². The van der Waals surface area contributed by atoms with Gasteiger partial charge in [-0.05, 0) is 37.8 Å². The Balaban J connectivity index is 1.57. The molecule has 2 aromatic rings. The van der Waals surface area contributed by atoms with Crippen LogP contribution < -0.4 is 5.73 Å². The van der Waals surface area contributed by atoms with E-state index in [0.717, 1.165) is 25.7 Å². The van der Waals surface area contributed by atoms with E-state index in [1.54, 1.807) is 12.1 Å². The molecule has 2 saturated carbocycles. The molecule has 1 aromatic heterocycles. The molecule has 2 fully saturated rings. The van der Waals surface area contributed by atoms with Crippen molar-refractivity contribution in [2.75, 3.05) is 0 Å². The molecule has 4 nitrogen and oxygen atoms in total. The number of hydrogen-bond donors (Lipinski definition) is 1. The molecule has 2 aliphatic rings.